The highest BCUT2D eigenvalue weighted by Crippen LogP contribution is 2.38. The van der Waals surface area contributed by atoms with Gasteiger partial charge < -0.3 is 20.5 Å². The highest BCUT2D eigenvalue weighted by molar-refractivity contribution is 5.74. The Bertz CT molecular complexity index is 528. The van der Waals surface area contributed by atoms with Gasteiger partial charge in [0, 0.05) is 18.2 Å². The van der Waals surface area contributed by atoms with E-state index >= 15 is 0 Å². The second-order valence-corrected chi connectivity index (χ2v) is 6.38. The zero-order chi connectivity index (χ0) is 15.7. The first-order valence-corrected chi connectivity index (χ1v) is 7.79. The monoisotopic (exact) mass is 309 g/mol. The molecule has 0 radical (unpaired) electrons. The van der Waals surface area contributed by atoms with Crippen molar-refractivity contribution in [3.63, 3.8) is 0 Å². The van der Waals surface area contributed by atoms with Gasteiger partial charge in [-0.2, -0.15) is 0 Å². The van der Waals surface area contributed by atoms with Crippen molar-refractivity contribution < 1.29 is 14.6 Å². The topological polar surface area (TPSA) is 101 Å². The molecule has 8 nitrogen and oxygen atoms in total. The summed E-state index contributed by atoms with van der Waals surface area (Å²) in [6.07, 6.45) is 3.25. The van der Waals surface area contributed by atoms with Crippen LogP contribution in [0.4, 0.5) is 4.79 Å². The Kier molecular flexibility index (Phi) is 4.30. The second kappa shape index (κ2) is 6.21. The van der Waals surface area contributed by atoms with Crippen LogP contribution in [0.1, 0.15) is 38.3 Å². The van der Waals surface area contributed by atoms with Crippen molar-refractivity contribution in [2.24, 2.45) is 0 Å². The molecule has 0 bridgehead atoms. The van der Waals surface area contributed by atoms with Gasteiger partial charge >= 0.3 is 6.03 Å². The predicted octanol–water partition coefficient (Wildman–Crippen LogP) is -0.00860. The summed E-state index contributed by atoms with van der Waals surface area (Å²) in [6, 6.07) is -0.714. The Morgan fingerprint density at radius 2 is 2.32 bits per heavy atom. The first kappa shape index (κ1) is 15.2. The molecular weight excluding hydrogens is 286 g/mol. The number of carbonyl (C=O) groups excluding carboxylic acids is 1. The van der Waals surface area contributed by atoms with E-state index in [1.165, 1.54) is 12.8 Å². The molecule has 1 saturated heterocycles. The normalized spacial score (nSPS) is 28.1. The zero-order valence-electron chi connectivity index (χ0n) is 12.9. The van der Waals surface area contributed by atoms with E-state index in [9.17, 15) is 9.90 Å². The maximum atomic E-state index is 11.8. The third kappa shape index (κ3) is 3.56. The molecule has 1 aliphatic carbocycles. The number of aliphatic hydroxyl groups excluding tert-OH is 1. The van der Waals surface area contributed by atoms with Crippen molar-refractivity contribution in [1.82, 2.24) is 25.6 Å². The van der Waals surface area contributed by atoms with E-state index in [1.54, 1.807) is 4.68 Å². The van der Waals surface area contributed by atoms with Gasteiger partial charge in [0.05, 0.1) is 24.9 Å². The SMILES string of the molecule is CC(C)NC(=O)N[C@@H]1[C@@H](O)CO[C@@H]1Cn1cc(C2CC2)nn1. The van der Waals surface area contributed by atoms with Gasteiger partial charge in [-0.25, -0.2) is 9.48 Å². The maximum absolute atomic E-state index is 11.8. The number of hydrogen-bond donors (Lipinski definition) is 3. The highest BCUT2D eigenvalue weighted by atomic mass is 16.5. The van der Waals surface area contributed by atoms with Crippen molar-refractivity contribution in [1.29, 1.82) is 0 Å². The van der Waals surface area contributed by atoms with Crippen molar-refractivity contribution in [2.45, 2.75) is 63.4 Å². The molecule has 1 saturated carbocycles. The fourth-order valence-corrected chi connectivity index (χ4v) is 2.64. The molecule has 122 valence electrons. The smallest absolute Gasteiger partial charge is 0.315 e. The van der Waals surface area contributed by atoms with Crippen LogP contribution >= 0.6 is 0 Å². The Morgan fingerprint density at radius 1 is 1.55 bits per heavy atom. The van der Waals surface area contributed by atoms with E-state index in [4.69, 9.17) is 4.74 Å². The van der Waals surface area contributed by atoms with Gasteiger partial charge in [-0.15, -0.1) is 5.10 Å². The number of aromatic nitrogens is 3. The average Bonchev–Trinajstić information content (AvgIpc) is 3.11. The lowest BCUT2D eigenvalue weighted by molar-refractivity contribution is 0.0746. The molecule has 2 fully saturated rings. The number of aliphatic hydroxyl groups is 1. The predicted molar refractivity (Wildman–Crippen MR) is 78.3 cm³/mol. The minimum Gasteiger partial charge on any atom is -0.388 e. The van der Waals surface area contributed by atoms with Crippen LogP contribution in [-0.2, 0) is 11.3 Å². The van der Waals surface area contributed by atoms with Gasteiger partial charge in [0.2, 0.25) is 0 Å². The Morgan fingerprint density at radius 3 is 3.00 bits per heavy atom. The van der Waals surface area contributed by atoms with Gasteiger partial charge in [-0.05, 0) is 26.7 Å². The van der Waals surface area contributed by atoms with E-state index < -0.39 is 12.1 Å². The summed E-state index contributed by atoms with van der Waals surface area (Å²) in [5.41, 5.74) is 1.01. The van der Waals surface area contributed by atoms with E-state index in [0.29, 0.717) is 12.5 Å². The number of nitrogens with zero attached hydrogens (tertiary/aromatic N) is 3. The van der Waals surface area contributed by atoms with Crippen LogP contribution in [0.3, 0.4) is 0 Å². The van der Waals surface area contributed by atoms with Crippen molar-refractivity contribution in [3.05, 3.63) is 11.9 Å². The number of ether oxygens (including phenoxy) is 1. The summed E-state index contributed by atoms with van der Waals surface area (Å²) in [5, 5.41) is 23.8. The fourth-order valence-electron chi connectivity index (χ4n) is 2.64. The average molecular weight is 309 g/mol. The highest BCUT2D eigenvalue weighted by Gasteiger charge is 2.38. The molecule has 1 aromatic heterocycles. The van der Waals surface area contributed by atoms with Gasteiger partial charge in [0.25, 0.3) is 0 Å². The molecule has 2 aliphatic rings. The number of amides is 2. The second-order valence-electron chi connectivity index (χ2n) is 6.38. The summed E-state index contributed by atoms with van der Waals surface area (Å²) in [7, 11) is 0. The van der Waals surface area contributed by atoms with Crippen molar-refractivity contribution >= 4 is 6.03 Å². The fraction of sp³-hybridized carbons (Fsp3) is 0.786. The van der Waals surface area contributed by atoms with Crippen LogP contribution in [-0.4, -0.2) is 57.0 Å². The van der Waals surface area contributed by atoms with Gasteiger partial charge in [-0.3, -0.25) is 0 Å². The van der Waals surface area contributed by atoms with Crippen LogP contribution in [0.2, 0.25) is 0 Å². The molecule has 1 aliphatic heterocycles. The number of carbonyl (C=O) groups is 1. The lowest BCUT2D eigenvalue weighted by Gasteiger charge is -2.22. The van der Waals surface area contributed by atoms with Crippen molar-refractivity contribution in [3.8, 4) is 0 Å². The van der Waals surface area contributed by atoms with Crippen molar-refractivity contribution in [2.75, 3.05) is 6.61 Å². The molecular formula is C14H23N5O3. The van der Waals surface area contributed by atoms with Crippen LogP contribution < -0.4 is 10.6 Å². The third-order valence-electron chi connectivity index (χ3n) is 3.93. The molecule has 0 aromatic carbocycles. The Hall–Kier alpha value is -1.67. The summed E-state index contributed by atoms with van der Waals surface area (Å²) in [6.45, 7) is 4.44. The standard InChI is InChI=1S/C14H23N5O3/c1-8(2)15-14(21)16-13-11(20)7-22-12(13)6-19-5-10(17-18-19)9-3-4-9/h5,8-9,11-13,20H,3-4,6-7H2,1-2H3,(H2,15,16,21)/t11-,12+,13+/m0/s1. The van der Waals surface area contributed by atoms with E-state index in [0.717, 1.165) is 5.69 Å². The minimum absolute atomic E-state index is 0.0364. The molecule has 3 atom stereocenters. The van der Waals surface area contributed by atoms with Crippen LogP contribution in [0.25, 0.3) is 0 Å². The number of hydrogen-bond acceptors (Lipinski definition) is 5. The molecule has 8 heteroatoms. The number of urea groups is 1. The van der Waals surface area contributed by atoms with Gasteiger partial charge in [0.1, 0.15) is 12.2 Å². The summed E-state index contributed by atoms with van der Waals surface area (Å²) in [4.78, 5) is 11.8. The molecule has 1 aromatic rings. The molecule has 3 rings (SSSR count). The largest absolute Gasteiger partial charge is 0.388 e. The van der Waals surface area contributed by atoms with Crippen LogP contribution in [0, 0.1) is 0 Å². The molecule has 0 spiro atoms. The summed E-state index contributed by atoms with van der Waals surface area (Å²) >= 11 is 0. The third-order valence-corrected chi connectivity index (χ3v) is 3.93. The van der Waals surface area contributed by atoms with E-state index in [-0.39, 0.29) is 24.8 Å². The van der Waals surface area contributed by atoms with Gasteiger partial charge in [0.15, 0.2) is 0 Å². The molecule has 22 heavy (non-hydrogen) atoms. The molecule has 3 N–H and O–H groups in total. The Labute approximate surface area is 129 Å². The first-order valence-electron chi connectivity index (χ1n) is 7.79. The van der Waals surface area contributed by atoms with Gasteiger partial charge in [-0.1, -0.05) is 5.21 Å². The molecule has 2 heterocycles. The number of rotatable bonds is 5. The van der Waals surface area contributed by atoms with E-state index in [1.807, 2.05) is 20.0 Å². The summed E-state index contributed by atoms with van der Waals surface area (Å²) < 4.78 is 7.32. The van der Waals surface area contributed by atoms with E-state index in [2.05, 4.69) is 20.9 Å². The summed E-state index contributed by atoms with van der Waals surface area (Å²) in [5.74, 6) is 0.551. The quantitative estimate of drug-likeness (QED) is 0.710. The zero-order valence-corrected chi connectivity index (χ0v) is 12.9. The minimum atomic E-state index is -0.714. The molecule has 2 amide bonds. The Balaban J connectivity index is 1.59. The lowest BCUT2D eigenvalue weighted by atomic mass is 10.1. The maximum Gasteiger partial charge on any atom is 0.315 e. The van der Waals surface area contributed by atoms with Crippen LogP contribution in [0.5, 0.6) is 0 Å². The lowest BCUT2D eigenvalue weighted by Crippen LogP contribution is -2.52. The molecule has 0 unspecified atom stereocenters. The van der Waals surface area contributed by atoms with Crippen LogP contribution in [0.15, 0.2) is 6.20 Å². The number of nitrogens with one attached hydrogen (secondary N) is 2. The first-order chi connectivity index (χ1) is 10.5.